The number of hydrogen-bond acceptors (Lipinski definition) is 2. The molecule has 0 bridgehead atoms. The van der Waals surface area contributed by atoms with E-state index in [1.165, 1.54) is 24.8 Å². The van der Waals surface area contributed by atoms with Crippen LogP contribution in [0.1, 0.15) is 44.6 Å². The largest absolute Gasteiger partial charge is 0.493 e. The third-order valence-electron chi connectivity index (χ3n) is 3.88. The molecule has 0 unspecified atom stereocenters. The maximum atomic E-state index is 6.02. The van der Waals surface area contributed by atoms with E-state index in [0.717, 1.165) is 53.7 Å². The van der Waals surface area contributed by atoms with Crippen LogP contribution in [-0.2, 0) is 0 Å². The first-order valence-electron chi connectivity index (χ1n) is 8.61. The fraction of sp³-hybridized carbons (Fsp3) is 0.500. The Labute approximate surface area is 148 Å². The minimum Gasteiger partial charge on any atom is -0.493 e. The number of fused-ring (bicyclic) bond motifs is 1. The third kappa shape index (κ3) is 5.42. The summed E-state index contributed by atoms with van der Waals surface area (Å²) in [7, 11) is 0. The van der Waals surface area contributed by atoms with Crippen LogP contribution in [0.25, 0.3) is 10.8 Å². The molecule has 0 saturated carbocycles. The van der Waals surface area contributed by atoms with Gasteiger partial charge in [-0.2, -0.15) is 0 Å². The molecule has 2 rings (SSSR count). The van der Waals surface area contributed by atoms with E-state index in [1.54, 1.807) is 0 Å². The van der Waals surface area contributed by atoms with Gasteiger partial charge in [-0.15, -0.1) is 0 Å². The average molecular weight is 379 g/mol. The Bertz CT molecular complexity index is 610. The van der Waals surface area contributed by atoms with E-state index in [0.29, 0.717) is 0 Å². The second-order valence-corrected chi connectivity index (χ2v) is 6.70. The molecule has 0 aliphatic rings. The molecule has 2 aromatic carbocycles. The number of hydrogen-bond donors (Lipinski definition) is 0. The molecular weight excluding hydrogens is 352 g/mol. The summed E-state index contributed by atoms with van der Waals surface area (Å²) in [6, 6.07) is 10.5. The number of benzene rings is 2. The van der Waals surface area contributed by atoms with Crippen LogP contribution < -0.4 is 9.47 Å². The summed E-state index contributed by atoms with van der Waals surface area (Å²) in [6.07, 6.45) is 5.89. The summed E-state index contributed by atoms with van der Waals surface area (Å²) in [6.45, 7) is 5.85. The van der Waals surface area contributed by atoms with E-state index >= 15 is 0 Å². The molecule has 0 saturated heterocycles. The predicted molar refractivity (Wildman–Crippen MR) is 102 cm³/mol. The van der Waals surface area contributed by atoms with E-state index in [2.05, 4.69) is 48.0 Å². The maximum absolute atomic E-state index is 6.02. The highest BCUT2D eigenvalue weighted by atomic mass is 79.9. The molecule has 3 heteroatoms. The topological polar surface area (TPSA) is 18.5 Å². The van der Waals surface area contributed by atoms with Gasteiger partial charge in [-0.25, -0.2) is 0 Å². The normalized spacial score (nSPS) is 10.9. The van der Waals surface area contributed by atoms with E-state index in [4.69, 9.17) is 9.47 Å². The number of unbranched alkanes of at least 4 members (excludes halogenated alkanes) is 3. The van der Waals surface area contributed by atoms with Gasteiger partial charge in [-0.1, -0.05) is 59.8 Å². The molecule has 23 heavy (non-hydrogen) atoms. The molecule has 0 radical (unpaired) electrons. The van der Waals surface area contributed by atoms with Crippen molar-refractivity contribution in [1.29, 1.82) is 0 Å². The monoisotopic (exact) mass is 378 g/mol. The maximum Gasteiger partial charge on any atom is 0.127 e. The van der Waals surface area contributed by atoms with E-state index < -0.39 is 0 Å². The Hall–Kier alpha value is -1.22. The first-order chi connectivity index (χ1) is 11.3. The van der Waals surface area contributed by atoms with E-state index in [-0.39, 0.29) is 0 Å². The van der Waals surface area contributed by atoms with Crippen LogP contribution >= 0.6 is 15.9 Å². The molecule has 0 heterocycles. The highest BCUT2D eigenvalue weighted by Crippen LogP contribution is 2.34. The zero-order valence-corrected chi connectivity index (χ0v) is 15.8. The van der Waals surface area contributed by atoms with Gasteiger partial charge in [-0.05, 0) is 38.0 Å². The Morgan fingerprint density at radius 3 is 2.22 bits per heavy atom. The lowest BCUT2D eigenvalue weighted by Gasteiger charge is -2.14. The van der Waals surface area contributed by atoms with Crippen molar-refractivity contribution in [2.45, 2.75) is 46.0 Å². The molecule has 0 atom stereocenters. The summed E-state index contributed by atoms with van der Waals surface area (Å²) in [5, 5.41) is 3.25. The number of alkyl halides is 1. The molecule has 2 nitrogen and oxygen atoms in total. The van der Waals surface area contributed by atoms with E-state index in [9.17, 15) is 0 Å². The minimum atomic E-state index is 0.728. The van der Waals surface area contributed by atoms with Crippen molar-refractivity contribution >= 4 is 26.7 Å². The SMILES string of the molecule is CCCCCCOc1ccc(OCCCBr)c2cc(C)ccc12. The molecule has 0 aliphatic heterocycles. The highest BCUT2D eigenvalue weighted by molar-refractivity contribution is 9.09. The fourth-order valence-electron chi connectivity index (χ4n) is 2.61. The summed E-state index contributed by atoms with van der Waals surface area (Å²) >= 11 is 3.44. The van der Waals surface area contributed by atoms with Gasteiger partial charge in [0.1, 0.15) is 11.5 Å². The average Bonchev–Trinajstić information content (AvgIpc) is 2.56. The summed E-state index contributed by atoms with van der Waals surface area (Å²) < 4.78 is 12.0. The smallest absolute Gasteiger partial charge is 0.127 e. The van der Waals surface area contributed by atoms with Crippen LogP contribution in [0.3, 0.4) is 0 Å². The van der Waals surface area contributed by atoms with Crippen LogP contribution in [-0.4, -0.2) is 18.5 Å². The molecule has 0 aromatic heterocycles. The van der Waals surface area contributed by atoms with Crippen LogP contribution in [0.15, 0.2) is 30.3 Å². The molecule has 0 aliphatic carbocycles. The van der Waals surface area contributed by atoms with Gasteiger partial charge in [0.2, 0.25) is 0 Å². The summed E-state index contributed by atoms with van der Waals surface area (Å²) in [5.74, 6) is 1.91. The molecule has 0 N–H and O–H groups in total. The zero-order valence-electron chi connectivity index (χ0n) is 14.2. The van der Waals surface area contributed by atoms with Gasteiger partial charge in [0, 0.05) is 16.1 Å². The lowest BCUT2D eigenvalue weighted by atomic mass is 10.1. The number of rotatable bonds is 10. The van der Waals surface area contributed by atoms with Crippen LogP contribution in [0.4, 0.5) is 0 Å². The van der Waals surface area contributed by atoms with Crippen molar-refractivity contribution in [1.82, 2.24) is 0 Å². The quantitative estimate of drug-likeness (QED) is 0.358. The van der Waals surface area contributed by atoms with Crippen molar-refractivity contribution in [3.63, 3.8) is 0 Å². The van der Waals surface area contributed by atoms with Gasteiger partial charge in [-0.3, -0.25) is 0 Å². The first-order valence-corrected chi connectivity index (χ1v) is 9.73. The predicted octanol–water partition coefficient (Wildman–Crippen LogP) is 6.27. The number of halogens is 1. The van der Waals surface area contributed by atoms with Gasteiger partial charge < -0.3 is 9.47 Å². The lowest BCUT2D eigenvalue weighted by molar-refractivity contribution is 0.306. The fourth-order valence-corrected chi connectivity index (χ4v) is 2.84. The Kier molecular flexibility index (Phi) is 7.73. The molecule has 2 aromatic rings. The standard InChI is InChI=1S/C20H27BrO2/c1-3-4-5-6-13-22-19-10-11-20(23-14-7-12-21)18-15-16(2)8-9-17(18)19/h8-11,15H,3-7,12-14H2,1-2H3. The first kappa shape index (κ1) is 18.1. The lowest BCUT2D eigenvalue weighted by Crippen LogP contribution is -2.01. The van der Waals surface area contributed by atoms with Gasteiger partial charge in [0.25, 0.3) is 0 Å². The molecule has 0 fully saturated rings. The molecule has 0 amide bonds. The number of ether oxygens (including phenoxy) is 2. The van der Waals surface area contributed by atoms with Gasteiger partial charge in [0.05, 0.1) is 13.2 Å². The van der Waals surface area contributed by atoms with Crippen molar-refractivity contribution in [3.05, 3.63) is 35.9 Å². The Morgan fingerprint density at radius 2 is 1.52 bits per heavy atom. The van der Waals surface area contributed by atoms with Crippen molar-refractivity contribution in [2.24, 2.45) is 0 Å². The summed E-state index contributed by atoms with van der Waals surface area (Å²) in [4.78, 5) is 0. The Morgan fingerprint density at radius 1 is 0.826 bits per heavy atom. The molecule has 126 valence electrons. The second kappa shape index (κ2) is 9.82. The van der Waals surface area contributed by atoms with Crippen LogP contribution in [0.2, 0.25) is 0 Å². The third-order valence-corrected chi connectivity index (χ3v) is 4.44. The zero-order chi connectivity index (χ0) is 16.5. The summed E-state index contributed by atoms with van der Waals surface area (Å²) in [5.41, 5.74) is 1.24. The minimum absolute atomic E-state index is 0.728. The molecule has 0 spiro atoms. The number of aryl methyl sites for hydroxylation is 1. The highest BCUT2D eigenvalue weighted by Gasteiger charge is 2.08. The van der Waals surface area contributed by atoms with Gasteiger partial charge >= 0.3 is 0 Å². The van der Waals surface area contributed by atoms with E-state index in [1.807, 2.05) is 12.1 Å². The molecular formula is C20H27BrO2. The Balaban J connectivity index is 2.14. The van der Waals surface area contributed by atoms with Crippen molar-refractivity contribution in [3.8, 4) is 11.5 Å². The van der Waals surface area contributed by atoms with Gasteiger partial charge in [0.15, 0.2) is 0 Å². The van der Waals surface area contributed by atoms with Crippen LogP contribution in [0, 0.1) is 6.92 Å². The van der Waals surface area contributed by atoms with Crippen LogP contribution in [0.5, 0.6) is 11.5 Å². The van der Waals surface area contributed by atoms with Crippen molar-refractivity contribution < 1.29 is 9.47 Å². The second-order valence-electron chi connectivity index (χ2n) is 5.91. The van der Waals surface area contributed by atoms with Crippen molar-refractivity contribution in [2.75, 3.05) is 18.5 Å².